The van der Waals surface area contributed by atoms with Crippen molar-refractivity contribution in [1.29, 1.82) is 5.41 Å². The van der Waals surface area contributed by atoms with Gasteiger partial charge < -0.3 is 15.1 Å². The number of thioether (sulfide) groups is 2. The van der Waals surface area contributed by atoms with Crippen LogP contribution in [0.2, 0.25) is 0 Å². The molecule has 2 fully saturated rings. The number of H-pyrrole nitrogens is 1. The molecule has 1 aromatic rings. The molecular formula is C15H24N8O2S2. The maximum atomic E-state index is 12.7. The van der Waals surface area contributed by atoms with Crippen molar-refractivity contribution in [2.45, 2.75) is 49.9 Å². The van der Waals surface area contributed by atoms with E-state index >= 15 is 0 Å². The van der Waals surface area contributed by atoms with Crippen LogP contribution >= 0.6 is 23.5 Å². The van der Waals surface area contributed by atoms with Crippen molar-refractivity contribution in [2.75, 3.05) is 18.8 Å². The molecule has 27 heavy (non-hydrogen) atoms. The Hall–Kier alpha value is -1.82. The van der Waals surface area contributed by atoms with Gasteiger partial charge in [-0.3, -0.25) is 15.0 Å². The third kappa shape index (κ3) is 3.64. The van der Waals surface area contributed by atoms with Gasteiger partial charge in [0.15, 0.2) is 11.0 Å². The summed E-state index contributed by atoms with van der Waals surface area (Å²) in [5.41, 5.74) is 0. The number of nitrogens with one attached hydrogen (secondary N) is 3. The molecule has 3 N–H and O–H groups in total. The zero-order valence-electron chi connectivity index (χ0n) is 15.7. The number of hydrogen-bond donors (Lipinski definition) is 3. The van der Waals surface area contributed by atoms with Crippen LogP contribution in [0.3, 0.4) is 0 Å². The molecule has 0 saturated carbocycles. The number of fused-ring (bicyclic) bond motifs is 1. The SMILES string of the molecule is CCN(CC)C(=N)SCC(=O)NC1C(=O)N2C(c3nn[nH]n3)C(C)(C)S[C@H]12. The highest BCUT2D eigenvalue weighted by Gasteiger charge is 2.63. The molecular weight excluding hydrogens is 388 g/mol. The molecule has 1 aromatic heterocycles. The first-order chi connectivity index (χ1) is 12.8. The van der Waals surface area contributed by atoms with E-state index < -0.39 is 6.04 Å². The van der Waals surface area contributed by atoms with Gasteiger partial charge in [-0.25, -0.2) is 0 Å². The lowest BCUT2D eigenvalue weighted by molar-refractivity contribution is -0.151. The van der Waals surface area contributed by atoms with Crippen LogP contribution in [0, 0.1) is 5.41 Å². The van der Waals surface area contributed by atoms with Gasteiger partial charge in [0.05, 0.1) is 5.75 Å². The highest BCUT2D eigenvalue weighted by Crippen LogP contribution is 2.56. The number of aromatic nitrogens is 4. The van der Waals surface area contributed by atoms with E-state index in [0.29, 0.717) is 11.0 Å². The van der Waals surface area contributed by atoms with Crippen molar-refractivity contribution >= 4 is 40.5 Å². The van der Waals surface area contributed by atoms with Crippen LogP contribution in [0.1, 0.15) is 39.6 Å². The normalized spacial score (nSPS) is 25.7. The number of amides is 2. The number of carbonyl (C=O) groups excluding carboxylic acids is 2. The van der Waals surface area contributed by atoms with Gasteiger partial charge in [-0.05, 0) is 27.7 Å². The van der Waals surface area contributed by atoms with Crippen LogP contribution in [0.15, 0.2) is 0 Å². The van der Waals surface area contributed by atoms with Crippen LogP contribution in [0.25, 0.3) is 0 Å². The monoisotopic (exact) mass is 412 g/mol. The standard InChI is InChI=1S/C15H24N8O2S2/c1-5-22(6-2)14(16)26-7-8(24)17-9-12(25)23-10(11-18-20-21-19-11)15(3,4)27-13(9)23/h9-10,13,16H,5-7H2,1-4H3,(H,17,24)(H,18,19,20,21)/t9?,10?,13-/m1/s1. The van der Waals surface area contributed by atoms with Crippen molar-refractivity contribution in [1.82, 2.24) is 35.7 Å². The van der Waals surface area contributed by atoms with E-state index in [0.717, 1.165) is 13.1 Å². The molecule has 0 aliphatic carbocycles. The second-order valence-corrected chi connectivity index (χ2v) is 9.58. The summed E-state index contributed by atoms with van der Waals surface area (Å²) in [7, 11) is 0. The molecule has 2 aliphatic heterocycles. The molecule has 10 nitrogen and oxygen atoms in total. The summed E-state index contributed by atoms with van der Waals surface area (Å²) in [5.74, 6) is 0.228. The smallest absolute Gasteiger partial charge is 0.249 e. The number of tetrazole rings is 1. The van der Waals surface area contributed by atoms with E-state index in [2.05, 4.69) is 25.9 Å². The van der Waals surface area contributed by atoms with Gasteiger partial charge in [0.1, 0.15) is 17.5 Å². The third-order valence-corrected chi connectivity index (χ3v) is 7.26. The Morgan fingerprint density at radius 2 is 2.15 bits per heavy atom. The van der Waals surface area contributed by atoms with Crippen molar-refractivity contribution in [3.8, 4) is 0 Å². The van der Waals surface area contributed by atoms with E-state index in [1.807, 2.05) is 32.6 Å². The van der Waals surface area contributed by atoms with Crippen molar-refractivity contribution < 1.29 is 9.59 Å². The van der Waals surface area contributed by atoms with Crippen molar-refractivity contribution in [3.63, 3.8) is 0 Å². The highest BCUT2D eigenvalue weighted by atomic mass is 32.2. The first-order valence-electron chi connectivity index (χ1n) is 8.79. The first-order valence-corrected chi connectivity index (χ1v) is 10.7. The predicted octanol–water partition coefficient (Wildman–Crippen LogP) is 0.429. The summed E-state index contributed by atoms with van der Waals surface area (Å²) in [6, 6.07) is -0.834. The average Bonchev–Trinajstić information content (AvgIpc) is 3.23. The molecule has 2 unspecified atom stereocenters. The largest absolute Gasteiger partial charge is 0.352 e. The summed E-state index contributed by atoms with van der Waals surface area (Å²) in [6.45, 7) is 9.46. The number of hydrogen-bond acceptors (Lipinski definition) is 8. The van der Waals surface area contributed by atoms with Gasteiger partial charge in [-0.15, -0.1) is 22.0 Å². The third-order valence-electron chi connectivity index (χ3n) is 4.75. The van der Waals surface area contributed by atoms with Crippen LogP contribution in [-0.2, 0) is 9.59 Å². The van der Waals surface area contributed by atoms with Crippen molar-refractivity contribution in [3.05, 3.63) is 5.82 Å². The maximum absolute atomic E-state index is 12.7. The Balaban J connectivity index is 1.58. The van der Waals surface area contributed by atoms with E-state index in [9.17, 15) is 9.59 Å². The molecule has 2 aliphatic rings. The van der Waals surface area contributed by atoms with E-state index in [1.54, 1.807) is 16.7 Å². The molecule has 3 rings (SSSR count). The highest BCUT2D eigenvalue weighted by molar-refractivity contribution is 8.14. The molecule has 0 aromatic carbocycles. The number of carbonyl (C=O) groups is 2. The fraction of sp³-hybridized carbons (Fsp3) is 0.733. The molecule has 3 heterocycles. The van der Waals surface area contributed by atoms with Crippen LogP contribution in [0.5, 0.6) is 0 Å². The number of β-lactam (4-membered cyclic amide) rings is 1. The number of amidine groups is 1. The fourth-order valence-corrected chi connectivity index (χ4v) is 5.82. The lowest BCUT2D eigenvalue weighted by atomic mass is 9.95. The van der Waals surface area contributed by atoms with E-state index in [4.69, 9.17) is 5.41 Å². The van der Waals surface area contributed by atoms with Gasteiger partial charge in [0, 0.05) is 17.8 Å². The second kappa shape index (κ2) is 7.66. The summed E-state index contributed by atoms with van der Waals surface area (Å²) in [5, 5.41) is 25.2. The Kier molecular flexibility index (Phi) is 5.65. The predicted molar refractivity (Wildman–Crippen MR) is 104 cm³/mol. The first kappa shape index (κ1) is 19.9. The summed E-state index contributed by atoms with van der Waals surface area (Å²) in [4.78, 5) is 28.6. The summed E-state index contributed by atoms with van der Waals surface area (Å²) < 4.78 is -0.288. The fourth-order valence-electron chi connectivity index (χ4n) is 3.40. The maximum Gasteiger partial charge on any atom is 0.249 e. The minimum atomic E-state index is -0.554. The minimum absolute atomic E-state index is 0.119. The zero-order chi connectivity index (χ0) is 19.8. The van der Waals surface area contributed by atoms with E-state index in [1.165, 1.54) is 11.8 Å². The summed E-state index contributed by atoms with van der Waals surface area (Å²) >= 11 is 2.80. The molecule has 148 valence electrons. The van der Waals surface area contributed by atoms with Crippen molar-refractivity contribution in [2.24, 2.45) is 0 Å². The van der Waals surface area contributed by atoms with Gasteiger partial charge in [-0.1, -0.05) is 17.0 Å². The zero-order valence-corrected chi connectivity index (χ0v) is 17.4. The van der Waals surface area contributed by atoms with Gasteiger partial charge in [-0.2, -0.15) is 5.21 Å². The minimum Gasteiger partial charge on any atom is -0.352 e. The molecule has 0 radical (unpaired) electrons. The molecule has 0 spiro atoms. The average molecular weight is 413 g/mol. The van der Waals surface area contributed by atoms with E-state index in [-0.39, 0.29) is 33.7 Å². The Labute approximate surface area is 166 Å². The number of rotatable bonds is 6. The molecule has 3 atom stereocenters. The Morgan fingerprint density at radius 1 is 1.44 bits per heavy atom. The van der Waals surface area contributed by atoms with Gasteiger partial charge >= 0.3 is 0 Å². The quantitative estimate of drug-likeness (QED) is 0.348. The van der Waals surface area contributed by atoms with Crippen LogP contribution in [0.4, 0.5) is 0 Å². The summed E-state index contributed by atoms with van der Waals surface area (Å²) in [6.07, 6.45) is 0. The molecule has 2 saturated heterocycles. The molecule has 12 heteroatoms. The van der Waals surface area contributed by atoms with Gasteiger partial charge in [0.2, 0.25) is 11.8 Å². The van der Waals surface area contributed by atoms with Crippen LogP contribution < -0.4 is 5.32 Å². The molecule has 0 bridgehead atoms. The number of nitrogens with zero attached hydrogens (tertiary/aromatic N) is 5. The van der Waals surface area contributed by atoms with Crippen LogP contribution in [-0.4, -0.2) is 82.4 Å². The lowest BCUT2D eigenvalue weighted by Gasteiger charge is -2.44. The second-order valence-electron chi connectivity index (χ2n) is 6.84. The molecule has 2 amide bonds. The number of aromatic amines is 1. The topological polar surface area (TPSA) is 131 Å². The lowest BCUT2D eigenvalue weighted by Crippen LogP contribution is -2.68. The van der Waals surface area contributed by atoms with Gasteiger partial charge in [0.25, 0.3) is 0 Å². The Morgan fingerprint density at radius 3 is 2.74 bits per heavy atom. The Bertz CT molecular complexity index is 721.